The number of unbranched alkanes of at least 4 members (excludes halogenated alkanes) is 1. The molecule has 0 radical (unpaired) electrons. The summed E-state index contributed by atoms with van der Waals surface area (Å²) in [6.45, 7) is 4.21. The molecule has 6 heteroatoms. The maximum atomic E-state index is 11.7. The normalized spacial score (nSPS) is 13.1. The van der Waals surface area contributed by atoms with E-state index in [1.54, 1.807) is 7.05 Å². The molecule has 0 saturated heterocycles. The summed E-state index contributed by atoms with van der Waals surface area (Å²) in [5, 5.41) is 0. The zero-order chi connectivity index (χ0) is 13.3. The zero-order valence-electron chi connectivity index (χ0n) is 10.9. The molecular formula is C12H18N4O2. The lowest BCUT2D eigenvalue weighted by Gasteiger charge is -2.05. The van der Waals surface area contributed by atoms with Crippen molar-refractivity contribution < 1.29 is 0 Å². The molecule has 0 aliphatic rings. The highest BCUT2D eigenvalue weighted by Crippen LogP contribution is 2.19. The van der Waals surface area contributed by atoms with Gasteiger partial charge in [-0.3, -0.25) is 14.3 Å². The highest BCUT2D eigenvalue weighted by atomic mass is 16.2. The highest BCUT2D eigenvalue weighted by molar-refractivity contribution is 5.69. The van der Waals surface area contributed by atoms with Crippen LogP contribution in [0.2, 0.25) is 0 Å². The van der Waals surface area contributed by atoms with Gasteiger partial charge in [0.05, 0.1) is 0 Å². The summed E-state index contributed by atoms with van der Waals surface area (Å²) in [4.78, 5) is 32.8. The molecule has 98 valence electrons. The van der Waals surface area contributed by atoms with E-state index in [4.69, 9.17) is 0 Å². The number of hydrogen-bond acceptors (Lipinski definition) is 3. The van der Waals surface area contributed by atoms with Gasteiger partial charge in [-0.15, -0.1) is 0 Å². The van der Waals surface area contributed by atoms with Crippen molar-refractivity contribution in [2.45, 2.75) is 39.0 Å². The van der Waals surface area contributed by atoms with Crippen LogP contribution in [0, 0.1) is 0 Å². The highest BCUT2D eigenvalue weighted by Gasteiger charge is 2.14. The van der Waals surface area contributed by atoms with Crippen LogP contribution in [-0.4, -0.2) is 19.5 Å². The van der Waals surface area contributed by atoms with Crippen molar-refractivity contribution in [2.24, 2.45) is 7.05 Å². The Bertz CT molecular complexity index is 665. The van der Waals surface area contributed by atoms with Gasteiger partial charge in [0, 0.05) is 13.0 Å². The third-order valence-electron chi connectivity index (χ3n) is 3.23. The van der Waals surface area contributed by atoms with Gasteiger partial charge in [0.25, 0.3) is 5.56 Å². The largest absolute Gasteiger partial charge is 0.336 e. The average molecular weight is 250 g/mol. The zero-order valence-corrected chi connectivity index (χ0v) is 10.9. The Kier molecular flexibility index (Phi) is 3.36. The van der Waals surface area contributed by atoms with Crippen molar-refractivity contribution in [3.8, 4) is 0 Å². The molecule has 2 aromatic heterocycles. The van der Waals surface area contributed by atoms with Crippen molar-refractivity contribution >= 4 is 11.2 Å². The van der Waals surface area contributed by atoms with Crippen LogP contribution in [0.15, 0.2) is 9.59 Å². The average Bonchev–Trinajstić information content (AvgIpc) is 2.79. The van der Waals surface area contributed by atoms with Crippen molar-refractivity contribution in [1.29, 1.82) is 0 Å². The first-order chi connectivity index (χ1) is 8.54. The summed E-state index contributed by atoms with van der Waals surface area (Å²) < 4.78 is 1.35. The molecule has 0 aliphatic heterocycles. The maximum Gasteiger partial charge on any atom is 0.329 e. The van der Waals surface area contributed by atoms with E-state index in [1.807, 2.05) is 0 Å². The van der Waals surface area contributed by atoms with Crippen LogP contribution < -0.4 is 11.2 Å². The molecule has 2 heterocycles. The van der Waals surface area contributed by atoms with E-state index in [0.717, 1.165) is 25.1 Å². The number of H-pyrrole nitrogens is 2. The van der Waals surface area contributed by atoms with Crippen LogP contribution in [0.4, 0.5) is 0 Å². The van der Waals surface area contributed by atoms with Gasteiger partial charge in [0.2, 0.25) is 0 Å². The van der Waals surface area contributed by atoms with E-state index in [-0.39, 0.29) is 5.92 Å². The lowest BCUT2D eigenvalue weighted by molar-refractivity contribution is 0.601. The minimum atomic E-state index is -0.438. The lowest BCUT2D eigenvalue weighted by atomic mass is 10.0. The molecule has 2 aromatic rings. The molecule has 18 heavy (non-hydrogen) atoms. The fourth-order valence-electron chi connectivity index (χ4n) is 2.00. The molecule has 1 unspecified atom stereocenters. The number of aryl methyl sites for hydroxylation is 1. The summed E-state index contributed by atoms with van der Waals surface area (Å²) in [5.74, 6) is 1.03. The summed E-state index contributed by atoms with van der Waals surface area (Å²) in [7, 11) is 1.60. The quantitative estimate of drug-likeness (QED) is 0.856. The monoisotopic (exact) mass is 250 g/mol. The first-order valence-electron chi connectivity index (χ1n) is 6.23. The molecule has 2 rings (SSSR count). The van der Waals surface area contributed by atoms with Gasteiger partial charge in [0.15, 0.2) is 5.65 Å². The van der Waals surface area contributed by atoms with Crippen molar-refractivity contribution in [3.05, 3.63) is 26.7 Å². The van der Waals surface area contributed by atoms with Gasteiger partial charge in [-0.25, -0.2) is 9.78 Å². The summed E-state index contributed by atoms with van der Waals surface area (Å²) in [6, 6.07) is 0. The maximum absolute atomic E-state index is 11.7. The lowest BCUT2D eigenvalue weighted by Crippen LogP contribution is -2.28. The second kappa shape index (κ2) is 4.80. The predicted molar refractivity (Wildman–Crippen MR) is 69.9 cm³/mol. The molecule has 1 atom stereocenters. The summed E-state index contributed by atoms with van der Waals surface area (Å²) in [5.41, 5.74) is -0.0566. The Labute approximate surface area is 104 Å². The van der Waals surface area contributed by atoms with E-state index in [9.17, 15) is 9.59 Å². The fourth-order valence-corrected chi connectivity index (χ4v) is 2.00. The van der Waals surface area contributed by atoms with Crippen LogP contribution in [0.1, 0.15) is 44.9 Å². The molecule has 0 aromatic carbocycles. The summed E-state index contributed by atoms with van der Waals surface area (Å²) >= 11 is 0. The Balaban J connectivity index is 2.50. The first-order valence-corrected chi connectivity index (χ1v) is 6.23. The molecule has 0 saturated carbocycles. The van der Waals surface area contributed by atoms with E-state index in [2.05, 4.69) is 28.8 Å². The Morgan fingerprint density at radius 3 is 2.72 bits per heavy atom. The number of imidazole rings is 1. The smallest absolute Gasteiger partial charge is 0.329 e. The predicted octanol–water partition coefficient (Wildman–Crippen LogP) is 1.24. The van der Waals surface area contributed by atoms with Crippen LogP contribution in [0.25, 0.3) is 11.2 Å². The number of aromatic amines is 2. The number of rotatable bonds is 4. The molecular weight excluding hydrogens is 232 g/mol. The third-order valence-corrected chi connectivity index (χ3v) is 3.23. The number of fused-ring (bicyclic) bond motifs is 1. The Hall–Kier alpha value is -1.85. The van der Waals surface area contributed by atoms with Crippen LogP contribution in [0.3, 0.4) is 0 Å². The molecule has 0 bridgehead atoms. The van der Waals surface area contributed by atoms with E-state index >= 15 is 0 Å². The number of aromatic nitrogens is 4. The standard InChI is InChI=1S/C12H18N4O2/c1-4-5-6-7(2)9-13-8-10(14-9)16(3)12(18)15-11(8)17/h7H,4-6H2,1-3H3,(H,13,14)(H,15,17,18). The van der Waals surface area contributed by atoms with Gasteiger partial charge in [-0.1, -0.05) is 26.7 Å². The molecule has 6 nitrogen and oxygen atoms in total. The van der Waals surface area contributed by atoms with E-state index in [1.165, 1.54) is 4.57 Å². The summed E-state index contributed by atoms with van der Waals surface area (Å²) in [6.07, 6.45) is 3.26. The number of nitrogens with zero attached hydrogens (tertiary/aromatic N) is 2. The van der Waals surface area contributed by atoms with Crippen molar-refractivity contribution in [3.63, 3.8) is 0 Å². The Morgan fingerprint density at radius 2 is 2.06 bits per heavy atom. The molecule has 0 fully saturated rings. The Morgan fingerprint density at radius 1 is 1.33 bits per heavy atom. The topological polar surface area (TPSA) is 83.5 Å². The minimum Gasteiger partial charge on any atom is -0.336 e. The first kappa shape index (κ1) is 12.6. The SMILES string of the molecule is CCCCC(C)c1nc2c([nH]1)c(=O)[nH]c(=O)n2C. The van der Waals surface area contributed by atoms with Gasteiger partial charge < -0.3 is 4.98 Å². The number of hydrogen-bond donors (Lipinski definition) is 2. The minimum absolute atomic E-state index is 0.256. The molecule has 0 spiro atoms. The van der Waals surface area contributed by atoms with Gasteiger partial charge in [-0.05, 0) is 6.42 Å². The van der Waals surface area contributed by atoms with E-state index in [0.29, 0.717) is 11.2 Å². The third kappa shape index (κ3) is 2.10. The van der Waals surface area contributed by atoms with Crippen LogP contribution in [-0.2, 0) is 7.05 Å². The number of nitrogens with one attached hydrogen (secondary N) is 2. The van der Waals surface area contributed by atoms with Crippen LogP contribution in [0.5, 0.6) is 0 Å². The van der Waals surface area contributed by atoms with Crippen molar-refractivity contribution in [1.82, 2.24) is 19.5 Å². The molecule has 0 aliphatic carbocycles. The van der Waals surface area contributed by atoms with E-state index < -0.39 is 11.2 Å². The molecule has 2 N–H and O–H groups in total. The second-order valence-corrected chi connectivity index (χ2v) is 4.68. The second-order valence-electron chi connectivity index (χ2n) is 4.68. The van der Waals surface area contributed by atoms with Crippen molar-refractivity contribution in [2.75, 3.05) is 0 Å². The molecule has 0 amide bonds. The van der Waals surface area contributed by atoms with Gasteiger partial charge >= 0.3 is 5.69 Å². The van der Waals surface area contributed by atoms with Gasteiger partial charge in [0.1, 0.15) is 11.3 Å². The fraction of sp³-hybridized carbons (Fsp3) is 0.583. The van der Waals surface area contributed by atoms with Gasteiger partial charge in [-0.2, -0.15) is 0 Å². The van der Waals surface area contributed by atoms with Crippen LogP contribution >= 0.6 is 0 Å².